The Bertz CT molecular complexity index is 1760. The molecule has 1 fully saturated rings. The fourth-order valence-corrected chi connectivity index (χ4v) is 8.22. The van der Waals surface area contributed by atoms with Crippen molar-refractivity contribution in [3.63, 3.8) is 0 Å². The van der Waals surface area contributed by atoms with Gasteiger partial charge in [-0.25, -0.2) is 4.98 Å². The maximum Gasteiger partial charge on any atom is 0.133 e. The third-order valence-electron chi connectivity index (χ3n) is 10.5. The summed E-state index contributed by atoms with van der Waals surface area (Å²) in [7, 11) is 3.97. The number of nitrogens with zero attached hydrogens (tertiary/aromatic N) is 5. The van der Waals surface area contributed by atoms with Crippen molar-refractivity contribution >= 4 is 33.7 Å². The molecule has 0 aliphatic carbocycles. The molecule has 0 radical (unpaired) electrons. The zero-order valence-electron chi connectivity index (χ0n) is 31.3. The summed E-state index contributed by atoms with van der Waals surface area (Å²) in [6.07, 6.45) is 7.56. The molecule has 1 aliphatic heterocycles. The van der Waals surface area contributed by atoms with Gasteiger partial charge in [0.1, 0.15) is 5.78 Å². The van der Waals surface area contributed by atoms with Crippen LogP contribution in [0, 0.1) is 17.3 Å². The normalized spacial score (nSPS) is 15.7. The molecule has 4 heterocycles. The van der Waals surface area contributed by atoms with E-state index in [9.17, 15) is 4.79 Å². The van der Waals surface area contributed by atoms with Gasteiger partial charge in [0.15, 0.2) is 0 Å². The second kappa shape index (κ2) is 15.7. The van der Waals surface area contributed by atoms with E-state index in [1.165, 1.54) is 27.8 Å². The molecule has 2 atom stereocenters. The van der Waals surface area contributed by atoms with Crippen LogP contribution in [-0.4, -0.2) is 65.6 Å². The van der Waals surface area contributed by atoms with Gasteiger partial charge < -0.3 is 19.1 Å². The van der Waals surface area contributed by atoms with Gasteiger partial charge in [0.25, 0.3) is 0 Å². The summed E-state index contributed by atoms with van der Waals surface area (Å²) in [5.41, 5.74) is 9.24. The number of likely N-dealkylation sites (N-methyl/N-ethyl adjacent to an activating group) is 1. The highest BCUT2D eigenvalue weighted by Crippen LogP contribution is 2.43. The number of methoxy groups -OCH3 is 1. The molecule has 3 aromatic heterocycles. The van der Waals surface area contributed by atoms with Crippen LogP contribution in [0.25, 0.3) is 33.4 Å². The van der Waals surface area contributed by atoms with Crippen LogP contribution in [-0.2, 0) is 28.9 Å². The first kappa shape index (κ1) is 36.9. The second-order valence-corrected chi connectivity index (χ2v) is 16.0. The van der Waals surface area contributed by atoms with Crippen LogP contribution in [0.4, 0.5) is 5.69 Å². The zero-order chi connectivity index (χ0) is 35.5. The summed E-state index contributed by atoms with van der Waals surface area (Å²) >= 11 is 1.66. The number of aryl methyl sites for hydroxylation is 1. The molecule has 0 saturated carbocycles. The van der Waals surface area contributed by atoms with E-state index in [1.54, 1.807) is 25.4 Å². The average molecular weight is 684 g/mol. The SMILES string of the molecule is C=CCCC(C)(C)Cc1c(-c2cc(N3CCN(C)CC3)cnc2C(C)OC)n(CC)c2ccc(-c3csc(CC(C(C)=O)C(C)C)n3)cc12. The molecule has 0 N–H and O–H groups in total. The van der Waals surface area contributed by atoms with E-state index < -0.39 is 0 Å². The molecule has 0 bridgehead atoms. The third kappa shape index (κ3) is 8.19. The summed E-state index contributed by atoms with van der Waals surface area (Å²) < 4.78 is 8.43. The van der Waals surface area contributed by atoms with Gasteiger partial charge in [0.05, 0.1) is 40.1 Å². The van der Waals surface area contributed by atoms with Crippen molar-refractivity contribution in [2.24, 2.45) is 17.3 Å². The largest absolute Gasteiger partial charge is 0.375 e. The molecule has 1 saturated heterocycles. The number of hydrogen-bond donors (Lipinski definition) is 0. The molecule has 0 amide bonds. The molecule has 2 unspecified atom stereocenters. The third-order valence-corrected chi connectivity index (χ3v) is 11.4. The lowest BCUT2D eigenvalue weighted by atomic mass is 9.80. The molecule has 49 heavy (non-hydrogen) atoms. The molecule has 1 aromatic carbocycles. The summed E-state index contributed by atoms with van der Waals surface area (Å²) in [5, 5.41) is 4.44. The highest BCUT2D eigenvalue weighted by atomic mass is 32.1. The number of carbonyl (C=O) groups is 1. The number of hydrogen-bond acceptors (Lipinski definition) is 7. The van der Waals surface area contributed by atoms with Crippen molar-refractivity contribution in [1.29, 1.82) is 0 Å². The number of carbonyl (C=O) groups excluding carboxylic acids is 1. The van der Waals surface area contributed by atoms with Crippen LogP contribution >= 0.6 is 11.3 Å². The highest BCUT2D eigenvalue weighted by Gasteiger charge is 2.29. The van der Waals surface area contributed by atoms with E-state index in [2.05, 4.69) is 99.2 Å². The van der Waals surface area contributed by atoms with E-state index in [0.29, 0.717) is 6.42 Å². The number of piperazine rings is 1. The monoisotopic (exact) mass is 683 g/mol. The number of ether oxygens (including phenoxy) is 1. The van der Waals surface area contributed by atoms with Gasteiger partial charge in [-0.1, -0.05) is 39.8 Å². The van der Waals surface area contributed by atoms with Crippen molar-refractivity contribution in [2.45, 2.75) is 86.8 Å². The number of anilines is 1. The Balaban J connectivity index is 1.70. The number of aromatic nitrogens is 3. The van der Waals surface area contributed by atoms with E-state index >= 15 is 0 Å². The molecule has 8 heteroatoms. The molecule has 264 valence electrons. The smallest absolute Gasteiger partial charge is 0.133 e. The lowest BCUT2D eigenvalue weighted by Crippen LogP contribution is -2.44. The number of rotatable bonds is 15. The van der Waals surface area contributed by atoms with Crippen molar-refractivity contribution in [2.75, 3.05) is 45.2 Å². The quantitative estimate of drug-likeness (QED) is 0.116. The van der Waals surface area contributed by atoms with Gasteiger partial charge >= 0.3 is 0 Å². The van der Waals surface area contributed by atoms with Gasteiger partial charge in [-0.3, -0.25) is 9.78 Å². The Kier molecular flexibility index (Phi) is 11.8. The molecule has 0 spiro atoms. The van der Waals surface area contributed by atoms with Crippen molar-refractivity contribution in [3.8, 4) is 22.5 Å². The molecule has 1 aliphatic rings. The highest BCUT2D eigenvalue weighted by molar-refractivity contribution is 7.10. The number of allylic oxidation sites excluding steroid dienone is 1. The first-order valence-electron chi connectivity index (χ1n) is 18.0. The lowest BCUT2D eigenvalue weighted by molar-refractivity contribution is -0.121. The van der Waals surface area contributed by atoms with Gasteiger partial charge in [-0.15, -0.1) is 17.9 Å². The minimum absolute atomic E-state index is 0.00840. The van der Waals surface area contributed by atoms with Crippen LogP contribution in [0.5, 0.6) is 0 Å². The van der Waals surface area contributed by atoms with Crippen molar-refractivity contribution in [1.82, 2.24) is 19.4 Å². The standard InChI is InChI=1S/C41H57N5O2S/c1-11-13-16-41(7,8)24-35-33-21-30(36-26-49-38(43-36)23-32(27(3)4)28(5)47)14-15-37(33)46(12-2)40(35)34-22-31(25-42-39(34)29(6)48-10)45-19-17-44(9)18-20-45/h11,14-15,21-22,25-27,29,32H,1,12-13,16-20,23-24H2,2-10H3. The Morgan fingerprint density at radius 1 is 1.14 bits per heavy atom. The number of pyridine rings is 1. The maximum atomic E-state index is 12.4. The average Bonchev–Trinajstić information content (AvgIpc) is 3.67. The van der Waals surface area contributed by atoms with Gasteiger partial charge in [0, 0.05) is 79.6 Å². The Labute approximate surface area is 298 Å². The van der Waals surface area contributed by atoms with E-state index in [4.69, 9.17) is 14.7 Å². The van der Waals surface area contributed by atoms with Crippen LogP contribution < -0.4 is 4.90 Å². The fraction of sp³-hybridized carbons (Fsp3) is 0.537. The second-order valence-electron chi connectivity index (χ2n) is 15.1. The van der Waals surface area contributed by atoms with Gasteiger partial charge in [-0.05, 0) is 82.2 Å². The van der Waals surface area contributed by atoms with Crippen LogP contribution in [0.15, 0.2) is 48.5 Å². The summed E-state index contributed by atoms with van der Waals surface area (Å²) in [6.45, 7) is 24.0. The zero-order valence-corrected chi connectivity index (χ0v) is 32.1. The fourth-order valence-electron chi connectivity index (χ4n) is 7.36. The minimum atomic E-state index is -0.157. The van der Waals surface area contributed by atoms with E-state index in [1.807, 2.05) is 12.3 Å². The summed E-state index contributed by atoms with van der Waals surface area (Å²) in [5.74, 6) is 0.514. The van der Waals surface area contributed by atoms with E-state index in [0.717, 1.165) is 79.5 Å². The van der Waals surface area contributed by atoms with Crippen molar-refractivity contribution in [3.05, 3.63) is 64.8 Å². The van der Waals surface area contributed by atoms with Crippen LogP contribution in [0.1, 0.15) is 83.7 Å². The van der Waals surface area contributed by atoms with E-state index in [-0.39, 0.29) is 29.1 Å². The Morgan fingerprint density at radius 3 is 2.51 bits per heavy atom. The number of benzene rings is 1. The number of fused-ring (bicyclic) bond motifs is 1. The predicted octanol–water partition coefficient (Wildman–Crippen LogP) is 9.24. The molecular formula is C41H57N5O2S. The lowest BCUT2D eigenvalue weighted by Gasteiger charge is -2.34. The van der Waals surface area contributed by atoms with Crippen LogP contribution in [0.3, 0.4) is 0 Å². The number of ketones is 1. The Morgan fingerprint density at radius 2 is 1.88 bits per heavy atom. The summed E-state index contributed by atoms with van der Waals surface area (Å²) in [4.78, 5) is 27.4. The topological polar surface area (TPSA) is 63.5 Å². The molecule has 5 rings (SSSR count). The molecular weight excluding hydrogens is 627 g/mol. The van der Waals surface area contributed by atoms with Crippen molar-refractivity contribution < 1.29 is 9.53 Å². The van der Waals surface area contributed by atoms with Gasteiger partial charge in [-0.2, -0.15) is 0 Å². The number of thiazole rings is 1. The summed E-state index contributed by atoms with van der Waals surface area (Å²) in [6, 6.07) is 9.22. The first-order valence-corrected chi connectivity index (χ1v) is 18.9. The minimum Gasteiger partial charge on any atom is -0.375 e. The van der Waals surface area contributed by atoms with Gasteiger partial charge in [0.2, 0.25) is 0 Å². The molecule has 7 nitrogen and oxygen atoms in total. The van der Waals surface area contributed by atoms with Crippen LogP contribution in [0.2, 0.25) is 0 Å². The Hall–Kier alpha value is -3.33. The first-order chi connectivity index (χ1) is 23.4. The number of Topliss-reactive ketones (excluding diaryl/α,β-unsaturated/α-hetero) is 1. The molecule has 4 aromatic rings. The maximum absolute atomic E-state index is 12.4. The predicted molar refractivity (Wildman–Crippen MR) is 207 cm³/mol.